The first-order valence-electron chi connectivity index (χ1n) is 6.07. The van der Waals surface area contributed by atoms with Gasteiger partial charge in [-0.05, 0) is 31.2 Å². The van der Waals surface area contributed by atoms with Gasteiger partial charge in [0.2, 0.25) is 0 Å². The summed E-state index contributed by atoms with van der Waals surface area (Å²) >= 11 is 0. The Morgan fingerprint density at radius 1 is 1.25 bits per heavy atom. The molecule has 0 amide bonds. The van der Waals surface area contributed by atoms with E-state index < -0.39 is 5.97 Å². The molecule has 3 rings (SSSR count). The molecule has 100 valence electrons. The average Bonchev–Trinajstić information content (AvgIpc) is 2.73. The largest absolute Gasteiger partial charge is 0.508 e. The summed E-state index contributed by atoms with van der Waals surface area (Å²) in [6, 6.07) is 8.30. The molecule has 0 bridgehead atoms. The zero-order chi connectivity index (χ0) is 14.3. The molecule has 1 aromatic carbocycles. The number of carboxylic acid groups (broad SMARTS) is 1. The molecule has 0 aliphatic rings. The van der Waals surface area contributed by atoms with Gasteiger partial charge in [0.05, 0.1) is 11.3 Å². The number of phenolic OH excluding ortho intramolecular Hbond substituents is 1. The van der Waals surface area contributed by atoms with E-state index in [-0.39, 0.29) is 11.3 Å². The highest BCUT2D eigenvalue weighted by atomic mass is 16.4. The number of aromatic carboxylic acids is 1. The number of carboxylic acids is 1. The number of benzene rings is 1. The van der Waals surface area contributed by atoms with E-state index in [9.17, 15) is 9.90 Å². The molecule has 0 atom stereocenters. The third kappa shape index (κ3) is 1.89. The Balaban J connectivity index is 2.18. The highest BCUT2D eigenvalue weighted by Gasteiger charge is 2.13. The van der Waals surface area contributed by atoms with Crippen molar-refractivity contribution in [2.75, 3.05) is 0 Å². The Labute approximate surface area is 114 Å². The summed E-state index contributed by atoms with van der Waals surface area (Å²) in [4.78, 5) is 18.2. The normalized spacial score (nSPS) is 10.8. The van der Waals surface area contributed by atoms with Crippen LogP contribution >= 0.6 is 0 Å². The maximum absolute atomic E-state index is 10.8. The number of hydrogen-bond acceptors (Lipinski definition) is 3. The third-order valence-electron chi connectivity index (χ3n) is 3.24. The van der Waals surface area contributed by atoms with Crippen molar-refractivity contribution in [2.45, 2.75) is 6.92 Å². The molecular formula is C15H12N2O3. The summed E-state index contributed by atoms with van der Waals surface area (Å²) in [6.07, 6.45) is 1.34. The molecule has 0 fully saturated rings. The minimum atomic E-state index is -0.996. The van der Waals surface area contributed by atoms with Crippen molar-refractivity contribution in [3.05, 3.63) is 47.8 Å². The van der Waals surface area contributed by atoms with Gasteiger partial charge in [-0.25, -0.2) is 4.79 Å². The molecule has 2 aromatic heterocycles. The highest BCUT2D eigenvalue weighted by Crippen LogP contribution is 2.32. The van der Waals surface area contributed by atoms with Crippen LogP contribution in [0.25, 0.3) is 22.2 Å². The number of aryl methyl sites for hydroxylation is 1. The summed E-state index contributed by atoms with van der Waals surface area (Å²) in [5.74, 6) is -0.802. The van der Waals surface area contributed by atoms with Crippen LogP contribution in [-0.2, 0) is 0 Å². The maximum Gasteiger partial charge on any atom is 0.337 e. The molecule has 0 unspecified atom stereocenters. The van der Waals surface area contributed by atoms with Gasteiger partial charge in [-0.15, -0.1) is 0 Å². The van der Waals surface area contributed by atoms with E-state index in [0.717, 1.165) is 22.2 Å². The smallest absolute Gasteiger partial charge is 0.337 e. The fraction of sp³-hybridized carbons (Fsp3) is 0.0667. The lowest BCUT2D eigenvalue weighted by Gasteiger charge is -2.02. The van der Waals surface area contributed by atoms with E-state index >= 15 is 0 Å². The lowest BCUT2D eigenvalue weighted by molar-refractivity contribution is 0.0696. The predicted molar refractivity (Wildman–Crippen MR) is 74.9 cm³/mol. The molecule has 0 saturated carbocycles. The molecule has 0 radical (unpaired) electrons. The molecular weight excluding hydrogens is 256 g/mol. The SMILES string of the molecule is Cc1[nH]c2cc(O)ccc2c1-c1ccc(C(=O)O)cn1. The Bertz CT molecular complexity index is 804. The van der Waals surface area contributed by atoms with E-state index in [4.69, 9.17) is 5.11 Å². The Morgan fingerprint density at radius 2 is 2.05 bits per heavy atom. The zero-order valence-corrected chi connectivity index (χ0v) is 10.7. The molecule has 0 aliphatic heterocycles. The number of nitrogens with one attached hydrogen (secondary N) is 1. The highest BCUT2D eigenvalue weighted by molar-refractivity contribution is 5.97. The topological polar surface area (TPSA) is 86.2 Å². The third-order valence-corrected chi connectivity index (χ3v) is 3.24. The second-order valence-electron chi connectivity index (χ2n) is 4.59. The number of carbonyl (C=O) groups is 1. The van der Waals surface area contributed by atoms with Crippen molar-refractivity contribution in [3.8, 4) is 17.0 Å². The van der Waals surface area contributed by atoms with Crippen molar-refractivity contribution < 1.29 is 15.0 Å². The fourth-order valence-corrected chi connectivity index (χ4v) is 2.32. The first kappa shape index (κ1) is 12.2. The van der Waals surface area contributed by atoms with Gasteiger partial charge in [0, 0.05) is 34.4 Å². The quantitative estimate of drug-likeness (QED) is 0.667. The predicted octanol–water partition coefficient (Wildman–Crippen LogP) is 2.94. The van der Waals surface area contributed by atoms with Gasteiger partial charge in [0.1, 0.15) is 5.75 Å². The van der Waals surface area contributed by atoms with Crippen molar-refractivity contribution >= 4 is 16.9 Å². The van der Waals surface area contributed by atoms with Crippen LogP contribution in [0.3, 0.4) is 0 Å². The molecule has 2 heterocycles. The van der Waals surface area contributed by atoms with Crippen LogP contribution in [0.1, 0.15) is 16.1 Å². The number of nitrogens with zero attached hydrogens (tertiary/aromatic N) is 1. The Hall–Kier alpha value is -2.82. The monoisotopic (exact) mass is 268 g/mol. The minimum absolute atomic E-state index is 0.156. The van der Waals surface area contributed by atoms with Crippen LogP contribution in [0.15, 0.2) is 36.5 Å². The number of aromatic hydroxyl groups is 1. The van der Waals surface area contributed by atoms with Crippen LogP contribution in [0, 0.1) is 6.92 Å². The van der Waals surface area contributed by atoms with E-state index in [0.29, 0.717) is 5.69 Å². The van der Waals surface area contributed by atoms with Gasteiger partial charge in [0.15, 0.2) is 0 Å². The molecule has 0 saturated heterocycles. The number of phenols is 1. The summed E-state index contributed by atoms with van der Waals surface area (Å²) in [7, 11) is 0. The summed E-state index contributed by atoms with van der Waals surface area (Å²) < 4.78 is 0. The van der Waals surface area contributed by atoms with Gasteiger partial charge in [-0.1, -0.05) is 0 Å². The molecule has 0 aliphatic carbocycles. The van der Waals surface area contributed by atoms with Gasteiger partial charge < -0.3 is 15.2 Å². The second-order valence-corrected chi connectivity index (χ2v) is 4.59. The van der Waals surface area contributed by atoms with Crippen LogP contribution in [0.2, 0.25) is 0 Å². The lowest BCUT2D eigenvalue weighted by Crippen LogP contribution is -1.97. The molecule has 20 heavy (non-hydrogen) atoms. The molecule has 3 aromatic rings. The number of hydrogen-bond donors (Lipinski definition) is 3. The number of aromatic nitrogens is 2. The van der Waals surface area contributed by atoms with Gasteiger partial charge in [-0.3, -0.25) is 4.98 Å². The van der Waals surface area contributed by atoms with Crippen molar-refractivity contribution in [3.63, 3.8) is 0 Å². The van der Waals surface area contributed by atoms with Crippen LogP contribution < -0.4 is 0 Å². The van der Waals surface area contributed by atoms with Crippen molar-refractivity contribution in [1.82, 2.24) is 9.97 Å². The Morgan fingerprint density at radius 3 is 2.70 bits per heavy atom. The van der Waals surface area contributed by atoms with E-state index in [1.807, 2.05) is 13.0 Å². The van der Waals surface area contributed by atoms with E-state index in [2.05, 4.69) is 9.97 Å². The van der Waals surface area contributed by atoms with Crippen molar-refractivity contribution in [1.29, 1.82) is 0 Å². The summed E-state index contributed by atoms with van der Waals surface area (Å²) in [5, 5.41) is 19.3. The fourth-order valence-electron chi connectivity index (χ4n) is 2.32. The molecule has 5 nitrogen and oxygen atoms in total. The first-order valence-corrected chi connectivity index (χ1v) is 6.07. The van der Waals surface area contributed by atoms with Crippen LogP contribution in [-0.4, -0.2) is 26.2 Å². The molecule has 0 spiro atoms. The van der Waals surface area contributed by atoms with Gasteiger partial charge in [-0.2, -0.15) is 0 Å². The standard InChI is InChI=1S/C15H12N2O3/c1-8-14(11-4-3-10(18)6-13(11)17-8)12-5-2-9(7-16-12)15(19)20/h2-7,17-18H,1H3,(H,19,20). The number of H-pyrrole nitrogens is 1. The zero-order valence-electron chi connectivity index (χ0n) is 10.7. The number of rotatable bonds is 2. The minimum Gasteiger partial charge on any atom is -0.508 e. The van der Waals surface area contributed by atoms with Crippen LogP contribution in [0.4, 0.5) is 0 Å². The summed E-state index contributed by atoms with van der Waals surface area (Å²) in [5.41, 5.74) is 3.51. The molecule has 3 N–H and O–H groups in total. The summed E-state index contributed by atoms with van der Waals surface area (Å²) in [6.45, 7) is 1.92. The lowest BCUT2D eigenvalue weighted by atomic mass is 10.1. The van der Waals surface area contributed by atoms with Gasteiger partial charge >= 0.3 is 5.97 Å². The maximum atomic E-state index is 10.8. The average molecular weight is 268 g/mol. The van der Waals surface area contributed by atoms with Crippen molar-refractivity contribution in [2.24, 2.45) is 0 Å². The second kappa shape index (κ2) is 4.38. The Kier molecular flexibility index (Phi) is 2.68. The van der Waals surface area contributed by atoms with E-state index in [1.54, 1.807) is 18.2 Å². The van der Waals surface area contributed by atoms with Gasteiger partial charge in [0.25, 0.3) is 0 Å². The first-order chi connectivity index (χ1) is 9.56. The molecule has 5 heteroatoms. The van der Waals surface area contributed by atoms with E-state index in [1.165, 1.54) is 12.3 Å². The number of pyridine rings is 1. The number of aromatic amines is 1. The van der Waals surface area contributed by atoms with Crippen LogP contribution in [0.5, 0.6) is 5.75 Å². The number of fused-ring (bicyclic) bond motifs is 1.